The number of nitrogens with one attached hydrogen (secondary N) is 1. The number of benzene rings is 2. The fourth-order valence-electron chi connectivity index (χ4n) is 2.67. The predicted octanol–water partition coefficient (Wildman–Crippen LogP) is 2.91. The maximum Gasteiger partial charge on any atom is 0.233 e. The largest absolute Gasteiger partial charge is 0.351 e. The van der Waals surface area contributed by atoms with Gasteiger partial charge in [-0.15, -0.1) is 10.2 Å². The lowest BCUT2D eigenvalue weighted by atomic mass is 10.1. The second kappa shape index (κ2) is 9.36. The standard InChI is InChI=1S/C20H22FN5OS/c1-2-17(19(27)23-13-14-8-4-3-5-9-14)28-20-25-24-18(26(20)22)12-15-10-6-7-11-16(15)21/h3-11,17H,2,12-13,22H2,1H3,(H,23,27)/t17-/m1/s1. The molecule has 3 aromatic rings. The van der Waals surface area contributed by atoms with Crippen LogP contribution in [0.4, 0.5) is 4.39 Å². The summed E-state index contributed by atoms with van der Waals surface area (Å²) in [5, 5.41) is 11.1. The molecule has 1 amide bonds. The molecule has 1 aromatic heterocycles. The number of rotatable bonds is 8. The minimum atomic E-state index is -0.350. The highest BCUT2D eigenvalue weighted by Crippen LogP contribution is 2.24. The first-order chi connectivity index (χ1) is 13.6. The van der Waals surface area contributed by atoms with Crippen molar-refractivity contribution in [3.05, 3.63) is 77.4 Å². The number of nitrogens with zero attached hydrogens (tertiary/aromatic N) is 3. The lowest BCUT2D eigenvalue weighted by Crippen LogP contribution is -2.32. The number of hydrogen-bond acceptors (Lipinski definition) is 5. The van der Waals surface area contributed by atoms with E-state index < -0.39 is 0 Å². The molecule has 3 N–H and O–H groups in total. The van der Waals surface area contributed by atoms with Crippen LogP contribution in [0, 0.1) is 5.82 Å². The van der Waals surface area contributed by atoms with Crippen LogP contribution in [-0.2, 0) is 17.8 Å². The van der Waals surface area contributed by atoms with Gasteiger partial charge in [0.1, 0.15) is 5.82 Å². The van der Waals surface area contributed by atoms with Gasteiger partial charge in [0.15, 0.2) is 5.82 Å². The lowest BCUT2D eigenvalue weighted by Gasteiger charge is -2.14. The Labute approximate surface area is 167 Å². The molecule has 1 atom stereocenters. The van der Waals surface area contributed by atoms with Crippen LogP contribution < -0.4 is 11.2 Å². The number of amides is 1. The average molecular weight is 399 g/mol. The van der Waals surface area contributed by atoms with Crippen LogP contribution in [0.25, 0.3) is 0 Å². The van der Waals surface area contributed by atoms with Gasteiger partial charge in [-0.1, -0.05) is 67.2 Å². The molecule has 0 spiro atoms. The summed E-state index contributed by atoms with van der Waals surface area (Å²) >= 11 is 1.25. The maximum atomic E-state index is 13.9. The van der Waals surface area contributed by atoms with Crippen LogP contribution in [0.15, 0.2) is 59.8 Å². The van der Waals surface area contributed by atoms with Crippen molar-refractivity contribution >= 4 is 17.7 Å². The van der Waals surface area contributed by atoms with Gasteiger partial charge in [0.05, 0.1) is 5.25 Å². The molecular weight excluding hydrogens is 377 g/mol. The number of nitrogens with two attached hydrogens (primary N) is 1. The topological polar surface area (TPSA) is 85.8 Å². The van der Waals surface area contributed by atoms with Gasteiger partial charge in [-0.25, -0.2) is 9.07 Å². The van der Waals surface area contributed by atoms with Crippen LogP contribution in [-0.4, -0.2) is 26.0 Å². The summed E-state index contributed by atoms with van der Waals surface area (Å²) in [6, 6.07) is 16.2. The van der Waals surface area contributed by atoms with Crippen LogP contribution in [0.3, 0.4) is 0 Å². The molecule has 0 bridgehead atoms. The fourth-order valence-corrected chi connectivity index (χ4v) is 3.59. The van der Waals surface area contributed by atoms with Gasteiger partial charge < -0.3 is 11.2 Å². The second-order valence-corrected chi connectivity index (χ2v) is 7.43. The first kappa shape index (κ1) is 19.9. The average Bonchev–Trinajstić information content (AvgIpc) is 3.06. The van der Waals surface area contributed by atoms with E-state index in [2.05, 4.69) is 15.5 Å². The molecule has 2 aromatic carbocycles. The summed E-state index contributed by atoms with van der Waals surface area (Å²) in [5.41, 5.74) is 1.52. The van der Waals surface area contributed by atoms with Crippen molar-refractivity contribution in [2.45, 2.75) is 36.7 Å². The van der Waals surface area contributed by atoms with Crippen LogP contribution in [0.1, 0.15) is 30.3 Å². The van der Waals surface area contributed by atoms with Gasteiger partial charge in [-0.2, -0.15) is 0 Å². The number of carbonyl (C=O) groups excluding carboxylic acids is 1. The number of carbonyl (C=O) groups is 1. The number of thioether (sulfide) groups is 1. The molecule has 0 saturated heterocycles. The van der Waals surface area contributed by atoms with Gasteiger partial charge in [-0.05, 0) is 23.6 Å². The SMILES string of the molecule is CC[C@@H](Sc1nnc(Cc2ccccc2F)n1N)C(=O)NCc1ccccc1. The van der Waals surface area contributed by atoms with E-state index in [-0.39, 0.29) is 23.4 Å². The lowest BCUT2D eigenvalue weighted by molar-refractivity contribution is -0.120. The number of hydrogen-bond donors (Lipinski definition) is 2. The number of nitrogen functional groups attached to an aromatic ring is 1. The smallest absolute Gasteiger partial charge is 0.233 e. The van der Waals surface area contributed by atoms with E-state index in [0.29, 0.717) is 29.5 Å². The molecule has 146 valence electrons. The van der Waals surface area contributed by atoms with Gasteiger partial charge in [-0.3, -0.25) is 4.79 Å². The Morgan fingerprint density at radius 3 is 2.61 bits per heavy atom. The zero-order valence-corrected chi connectivity index (χ0v) is 16.3. The second-order valence-electron chi connectivity index (χ2n) is 6.26. The molecule has 0 fully saturated rings. The third-order valence-corrected chi connectivity index (χ3v) is 5.58. The van der Waals surface area contributed by atoms with E-state index in [1.807, 2.05) is 37.3 Å². The zero-order chi connectivity index (χ0) is 19.9. The summed E-state index contributed by atoms with van der Waals surface area (Å²) in [6.45, 7) is 2.39. The number of halogens is 1. The van der Waals surface area contributed by atoms with E-state index in [9.17, 15) is 9.18 Å². The van der Waals surface area contributed by atoms with Crippen LogP contribution >= 0.6 is 11.8 Å². The minimum absolute atomic E-state index is 0.0880. The van der Waals surface area contributed by atoms with E-state index in [1.165, 1.54) is 22.5 Å². The zero-order valence-electron chi connectivity index (χ0n) is 15.5. The Balaban J connectivity index is 1.64. The van der Waals surface area contributed by atoms with E-state index in [0.717, 1.165) is 5.56 Å². The van der Waals surface area contributed by atoms with E-state index >= 15 is 0 Å². The normalized spacial score (nSPS) is 11.9. The van der Waals surface area contributed by atoms with Crippen molar-refractivity contribution < 1.29 is 9.18 Å². The highest BCUT2D eigenvalue weighted by molar-refractivity contribution is 8.00. The molecular formula is C20H22FN5OS. The highest BCUT2D eigenvalue weighted by atomic mass is 32.2. The predicted molar refractivity (Wildman–Crippen MR) is 108 cm³/mol. The summed E-state index contributed by atoms with van der Waals surface area (Å²) in [4.78, 5) is 12.5. The van der Waals surface area contributed by atoms with Crippen molar-refractivity contribution in [1.29, 1.82) is 0 Å². The molecule has 8 heteroatoms. The molecule has 0 aliphatic carbocycles. The summed E-state index contributed by atoms with van der Waals surface area (Å²) < 4.78 is 15.2. The van der Waals surface area contributed by atoms with Crippen LogP contribution in [0.5, 0.6) is 0 Å². The molecule has 0 unspecified atom stereocenters. The van der Waals surface area contributed by atoms with Crippen molar-refractivity contribution in [2.75, 3.05) is 5.84 Å². The van der Waals surface area contributed by atoms with Crippen molar-refractivity contribution in [3.8, 4) is 0 Å². The van der Waals surface area contributed by atoms with E-state index in [1.54, 1.807) is 18.2 Å². The Kier molecular flexibility index (Phi) is 6.65. The third kappa shape index (κ3) is 4.89. The quantitative estimate of drug-likeness (QED) is 0.449. The molecule has 1 heterocycles. The molecule has 0 radical (unpaired) electrons. The van der Waals surface area contributed by atoms with Crippen molar-refractivity contribution in [3.63, 3.8) is 0 Å². The Morgan fingerprint density at radius 1 is 1.18 bits per heavy atom. The Bertz CT molecular complexity index is 931. The van der Waals surface area contributed by atoms with Crippen molar-refractivity contribution in [1.82, 2.24) is 20.2 Å². The molecule has 0 aliphatic heterocycles. The summed E-state index contributed by atoms with van der Waals surface area (Å²) in [6.07, 6.45) is 0.842. The van der Waals surface area contributed by atoms with Crippen LogP contribution in [0.2, 0.25) is 0 Å². The highest BCUT2D eigenvalue weighted by Gasteiger charge is 2.22. The first-order valence-electron chi connectivity index (χ1n) is 8.99. The molecule has 3 rings (SSSR count). The van der Waals surface area contributed by atoms with Gasteiger partial charge in [0.25, 0.3) is 0 Å². The van der Waals surface area contributed by atoms with E-state index in [4.69, 9.17) is 5.84 Å². The minimum Gasteiger partial charge on any atom is -0.351 e. The van der Waals surface area contributed by atoms with Crippen molar-refractivity contribution in [2.24, 2.45) is 0 Å². The molecule has 0 aliphatic rings. The first-order valence-corrected chi connectivity index (χ1v) is 9.87. The Hall–Kier alpha value is -2.87. The summed E-state index contributed by atoms with van der Waals surface area (Å²) in [5.74, 6) is 6.12. The monoisotopic (exact) mass is 399 g/mol. The number of aromatic nitrogens is 3. The van der Waals surface area contributed by atoms with Gasteiger partial charge in [0.2, 0.25) is 11.1 Å². The Morgan fingerprint density at radius 2 is 1.89 bits per heavy atom. The van der Waals surface area contributed by atoms with Gasteiger partial charge >= 0.3 is 0 Å². The molecule has 28 heavy (non-hydrogen) atoms. The fraction of sp³-hybridized carbons (Fsp3) is 0.250. The summed E-state index contributed by atoms with van der Waals surface area (Å²) in [7, 11) is 0. The van der Waals surface area contributed by atoms with Gasteiger partial charge in [0, 0.05) is 13.0 Å². The molecule has 6 nitrogen and oxygen atoms in total. The molecule has 0 saturated carbocycles. The maximum absolute atomic E-state index is 13.9. The third-order valence-electron chi connectivity index (χ3n) is 4.26.